The fraction of sp³-hybridized carbons (Fsp3) is 0.478. The number of nitrogens with one attached hydrogen (secondary N) is 1. The van der Waals surface area contributed by atoms with Gasteiger partial charge in [0, 0.05) is 17.0 Å². The van der Waals surface area contributed by atoms with Gasteiger partial charge in [0.15, 0.2) is 0 Å². The maximum absolute atomic E-state index is 13.4. The predicted molar refractivity (Wildman–Crippen MR) is 114 cm³/mol. The van der Waals surface area contributed by atoms with Crippen LogP contribution in [0.2, 0.25) is 0 Å². The number of ether oxygens (including phenoxy) is 1. The Bertz CT molecular complexity index is 938. The number of halogens is 3. The lowest BCUT2D eigenvalue weighted by Gasteiger charge is -2.41. The van der Waals surface area contributed by atoms with Crippen LogP contribution in [0, 0.1) is 0 Å². The standard InChI is InChI=1S/C23H25F3N2O3S/c24-23(25,26)17-8-6-16(7-9-17)21(30)28-19(15-31-22(28)11-2-1-3-12-22)20(29)27-13-10-18-5-4-14-32-18/h4-9,14,19H,1-3,10-13,15H2,(H,27,29). The molecule has 1 saturated heterocycles. The maximum atomic E-state index is 13.4. The van der Waals surface area contributed by atoms with Gasteiger partial charge >= 0.3 is 6.18 Å². The Hall–Kier alpha value is -2.39. The summed E-state index contributed by atoms with van der Waals surface area (Å²) in [5.41, 5.74) is -1.58. The molecule has 5 nitrogen and oxygen atoms in total. The summed E-state index contributed by atoms with van der Waals surface area (Å²) in [7, 11) is 0. The number of hydrogen-bond donors (Lipinski definition) is 1. The van der Waals surface area contributed by atoms with Gasteiger partial charge in [0.05, 0.1) is 12.2 Å². The number of alkyl halides is 3. The van der Waals surface area contributed by atoms with Gasteiger partial charge < -0.3 is 10.1 Å². The van der Waals surface area contributed by atoms with E-state index in [9.17, 15) is 22.8 Å². The molecule has 9 heteroatoms. The first kappa shape index (κ1) is 22.8. The Kier molecular flexibility index (Phi) is 6.57. The zero-order valence-corrected chi connectivity index (χ0v) is 18.3. The van der Waals surface area contributed by atoms with Gasteiger partial charge in [-0.3, -0.25) is 14.5 Å². The zero-order valence-electron chi connectivity index (χ0n) is 17.5. The van der Waals surface area contributed by atoms with Crippen molar-refractivity contribution in [3.05, 3.63) is 57.8 Å². The SMILES string of the molecule is O=C(NCCc1cccs1)C1COC2(CCCCC2)N1C(=O)c1ccc(C(F)(F)F)cc1. The lowest BCUT2D eigenvalue weighted by atomic mass is 9.89. The highest BCUT2D eigenvalue weighted by molar-refractivity contribution is 7.09. The molecule has 172 valence electrons. The van der Waals surface area contributed by atoms with Crippen LogP contribution in [0.3, 0.4) is 0 Å². The molecule has 0 radical (unpaired) electrons. The topological polar surface area (TPSA) is 58.6 Å². The molecule has 2 aromatic rings. The Balaban J connectivity index is 1.53. The van der Waals surface area contributed by atoms with E-state index >= 15 is 0 Å². The second-order valence-electron chi connectivity index (χ2n) is 8.20. The number of hydrogen-bond acceptors (Lipinski definition) is 4. The van der Waals surface area contributed by atoms with Crippen LogP contribution >= 0.6 is 11.3 Å². The lowest BCUT2D eigenvalue weighted by Crippen LogP contribution is -2.56. The summed E-state index contributed by atoms with van der Waals surface area (Å²) in [4.78, 5) is 29.1. The summed E-state index contributed by atoms with van der Waals surface area (Å²) in [6.45, 7) is 0.516. The van der Waals surface area contributed by atoms with Crippen molar-refractivity contribution in [1.29, 1.82) is 0 Å². The van der Waals surface area contributed by atoms with Crippen LogP contribution in [0.4, 0.5) is 13.2 Å². The van der Waals surface area contributed by atoms with E-state index in [1.165, 1.54) is 17.0 Å². The van der Waals surface area contributed by atoms with Crippen molar-refractivity contribution in [2.24, 2.45) is 0 Å². The zero-order chi connectivity index (χ0) is 22.8. The highest BCUT2D eigenvalue weighted by Crippen LogP contribution is 2.41. The third kappa shape index (κ3) is 4.68. The van der Waals surface area contributed by atoms with Crippen LogP contribution in [0.15, 0.2) is 41.8 Å². The van der Waals surface area contributed by atoms with Crippen molar-refractivity contribution in [2.45, 2.75) is 56.5 Å². The average Bonchev–Trinajstić information content (AvgIpc) is 3.42. The van der Waals surface area contributed by atoms with Crippen molar-refractivity contribution in [1.82, 2.24) is 10.2 Å². The van der Waals surface area contributed by atoms with E-state index in [0.717, 1.165) is 36.3 Å². The first-order chi connectivity index (χ1) is 15.3. The smallest absolute Gasteiger partial charge is 0.354 e. The number of thiophene rings is 1. The molecule has 4 rings (SSSR count). The number of benzene rings is 1. The van der Waals surface area contributed by atoms with Crippen molar-refractivity contribution in [2.75, 3.05) is 13.2 Å². The molecule has 1 saturated carbocycles. The Labute approximate surface area is 188 Å². The molecule has 0 bridgehead atoms. The van der Waals surface area contributed by atoms with E-state index in [0.29, 0.717) is 25.8 Å². The summed E-state index contributed by atoms with van der Waals surface area (Å²) in [6.07, 6.45) is 0.178. The summed E-state index contributed by atoms with van der Waals surface area (Å²) < 4.78 is 44.9. The third-order valence-corrected chi connectivity index (χ3v) is 7.06. The number of carbonyl (C=O) groups is 2. The number of nitrogens with zero attached hydrogens (tertiary/aromatic N) is 1. The van der Waals surface area contributed by atoms with Crippen LogP contribution in [-0.4, -0.2) is 41.6 Å². The molecule has 1 atom stereocenters. The largest absolute Gasteiger partial charge is 0.416 e. The van der Waals surface area contributed by atoms with Gasteiger partial charge in [-0.1, -0.05) is 12.5 Å². The van der Waals surface area contributed by atoms with Gasteiger partial charge in [0.1, 0.15) is 11.8 Å². The van der Waals surface area contributed by atoms with E-state index in [1.54, 1.807) is 11.3 Å². The number of carbonyl (C=O) groups excluding carboxylic acids is 2. The Morgan fingerprint density at radius 2 is 1.84 bits per heavy atom. The van der Waals surface area contributed by atoms with E-state index in [1.807, 2.05) is 17.5 Å². The molecule has 1 N–H and O–H groups in total. The number of amides is 2. The summed E-state index contributed by atoms with van der Waals surface area (Å²) in [5.74, 6) is -0.777. The number of rotatable bonds is 5. The minimum atomic E-state index is -4.48. The molecular weight excluding hydrogens is 441 g/mol. The van der Waals surface area contributed by atoms with Gasteiger partial charge in [0.2, 0.25) is 5.91 Å². The molecule has 1 aromatic heterocycles. The molecule has 2 aliphatic rings. The van der Waals surface area contributed by atoms with E-state index < -0.39 is 29.4 Å². The lowest BCUT2D eigenvalue weighted by molar-refractivity contribution is -0.137. The summed E-state index contributed by atoms with van der Waals surface area (Å²) in [6, 6.07) is 7.27. The van der Waals surface area contributed by atoms with Crippen molar-refractivity contribution < 1.29 is 27.5 Å². The van der Waals surface area contributed by atoms with Crippen LogP contribution in [0.5, 0.6) is 0 Å². The Morgan fingerprint density at radius 1 is 1.12 bits per heavy atom. The first-order valence-electron chi connectivity index (χ1n) is 10.8. The van der Waals surface area contributed by atoms with Crippen LogP contribution in [0.25, 0.3) is 0 Å². The summed E-state index contributed by atoms with van der Waals surface area (Å²) >= 11 is 1.61. The first-order valence-corrected chi connectivity index (χ1v) is 11.6. The molecule has 2 heterocycles. The second-order valence-corrected chi connectivity index (χ2v) is 9.24. The van der Waals surface area contributed by atoms with Crippen LogP contribution in [-0.2, 0) is 22.1 Å². The minimum Gasteiger partial charge on any atom is -0.354 e. The van der Waals surface area contributed by atoms with Gasteiger partial charge in [-0.15, -0.1) is 11.3 Å². The minimum absolute atomic E-state index is 0.0806. The molecule has 1 spiro atoms. The van der Waals surface area contributed by atoms with E-state index in [2.05, 4.69) is 5.32 Å². The molecule has 2 amide bonds. The van der Waals surface area contributed by atoms with Gasteiger partial charge in [-0.2, -0.15) is 13.2 Å². The van der Waals surface area contributed by atoms with E-state index in [-0.39, 0.29) is 18.1 Å². The maximum Gasteiger partial charge on any atom is 0.416 e. The third-order valence-electron chi connectivity index (χ3n) is 6.13. The van der Waals surface area contributed by atoms with Gasteiger partial charge in [0.25, 0.3) is 5.91 Å². The van der Waals surface area contributed by atoms with Crippen molar-refractivity contribution >= 4 is 23.2 Å². The highest BCUT2D eigenvalue weighted by atomic mass is 32.1. The van der Waals surface area contributed by atoms with E-state index in [4.69, 9.17) is 4.74 Å². The molecule has 32 heavy (non-hydrogen) atoms. The Morgan fingerprint density at radius 3 is 2.47 bits per heavy atom. The summed E-state index contributed by atoms with van der Waals surface area (Å²) in [5, 5.41) is 4.87. The fourth-order valence-corrected chi connectivity index (χ4v) is 5.20. The van der Waals surface area contributed by atoms with Crippen molar-refractivity contribution in [3.63, 3.8) is 0 Å². The average molecular weight is 467 g/mol. The quantitative estimate of drug-likeness (QED) is 0.699. The highest BCUT2D eigenvalue weighted by Gasteiger charge is 2.53. The normalized spacial score (nSPS) is 20.5. The molecule has 2 fully saturated rings. The van der Waals surface area contributed by atoms with Gasteiger partial charge in [-0.25, -0.2) is 0 Å². The molecule has 1 aliphatic carbocycles. The second kappa shape index (κ2) is 9.23. The van der Waals surface area contributed by atoms with Crippen LogP contribution < -0.4 is 5.32 Å². The molecular formula is C23H25F3N2O3S. The predicted octanol–water partition coefficient (Wildman–Crippen LogP) is 4.63. The van der Waals surface area contributed by atoms with Gasteiger partial charge in [-0.05, 0) is 67.8 Å². The molecule has 1 aromatic carbocycles. The van der Waals surface area contributed by atoms with Crippen molar-refractivity contribution in [3.8, 4) is 0 Å². The monoisotopic (exact) mass is 466 g/mol. The molecule has 1 unspecified atom stereocenters. The fourth-order valence-electron chi connectivity index (χ4n) is 4.49. The van der Waals surface area contributed by atoms with Crippen LogP contribution in [0.1, 0.15) is 52.9 Å². The molecule has 1 aliphatic heterocycles.